The Hall–Kier alpha value is -4.70. The van der Waals surface area contributed by atoms with Crippen molar-refractivity contribution in [2.45, 2.75) is 90.3 Å². The maximum atomic E-state index is 14.1. The van der Waals surface area contributed by atoms with Crippen LogP contribution in [0.2, 0.25) is 12.1 Å². The van der Waals surface area contributed by atoms with E-state index in [1.165, 1.54) is 53.2 Å². The number of hydrogen-bond acceptors (Lipinski definition) is 7. The predicted molar refractivity (Wildman–Crippen MR) is 217 cm³/mol. The van der Waals surface area contributed by atoms with Gasteiger partial charge in [0.2, 0.25) is 0 Å². The van der Waals surface area contributed by atoms with E-state index in [9.17, 15) is 19.2 Å². The van der Waals surface area contributed by atoms with Crippen LogP contribution in [0.3, 0.4) is 0 Å². The van der Waals surface area contributed by atoms with Crippen molar-refractivity contribution in [2.75, 3.05) is 49.1 Å². The first-order valence-electron chi connectivity index (χ1n) is 20.2. The molecule has 4 aliphatic rings. The van der Waals surface area contributed by atoms with Crippen LogP contribution in [0.4, 0.5) is 11.4 Å². The number of imide groups is 1. The van der Waals surface area contributed by atoms with Gasteiger partial charge in [0, 0.05) is 85.0 Å². The molecule has 0 atom stereocenters. The largest absolute Gasteiger partial charge is 0.441 e. The molecular formula is C44H54N4O5Si. The molecule has 1 saturated heterocycles. The minimum atomic E-state index is -2.36. The monoisotopic (exact) mass is 746 g/mol. The second kappa shape index (κ2) is 15.6. The minimum absolute atomic E-state index is 0.0746. The van der Waals surface area contributed by atoms with Crippen LogP contribution in [-0.4, -0.2) is 75.9 Å². The molecule has 3 aromatic rings. The van der Waals surface area contributed by atoms with Gasteiger partial charge in [0.15, 0.2) is 5.60 Å². The number of nitrogens with zero attached hydrogens (tertiary/aromatic N) is 3. The van der Waals surface area contributed by atoms with E-state index in [1.807, 2.05) is 6.07 Å². The van der Waals surface area contributed by atoms with E-state index in [1.54, 1.807) is 12.1 Å². The van der Waals surface area contributed by atoms with Crippen molar-refractivity contribution in [1.82, 2.24) is 10.2 Å². The summed E-state index contributed by atoms with van der Waals surface area (Å²) in [5.41, 5.74) is 4.87. The molecule has 10 heteroatoms. The van der Waals surface area contributed by atoms with Crippen LogP contribution in [0.15, 0.2) is 66.7 Å². The van der Waals surface area contributed by atoms with Crippen LogP contribution in [0.1, 0.15) is 110 Å². The molecule has 0 aliphatic carbocycles. The predicted octanol–water partition coefficient (Wildman–Crippen LogP) is 6.12. The van der Waals surface area contributed by atoms with Crippen molar-refractivity contribution < 1.29 is 23.9 Å². The van der Waals surface area contributed by atoms with Crippen LogP contribution in [0.5, 0.6) is 0 Å². The van der Waals surface area contributed by atoms with Crippen molar-refractivity contribution in [3.05, 3.63) is 94.6 Å². The number of nitrogens with one attached hydrogen (secondary N) is 1. The van der Waals surface area contributed by atoms with E-state index in [0.717, 1.165) is 80.0 Å². The normalized spacial score (nSPS) is 17.4. The summed E-state index contributed by atoms with van der Waals surface area (Å²) in [6.07, 6.45) is 10.3. The molecule has 0 radical (unpaired) electrons. The maximum absolute atomic E-state index is 14.1. The molecule has 0 aromatic heterocycles. The molecule has 0 bridgehead atoms. The van der Waals surface area contributed by atoms with E-state index >= 15 is 0 Å². The van der Waals surface area contributed by atoms with E-state index < -0.39 is 13.7 Å². The number of anilines is 2. The number of carbonyl (C=O) groups excluding carboxylic acids is 4. The van der Waals surface area contributed by atoms with Gasteiger partial charge in [-0.25, -0.2) is 4.79 Å². The summed E-state index contributed by atoms with van der Waals surface area (Å²) in [6, 6.07) is 21.4. The van der Waals surface area contributed by atoms with E-state index in [2.05, 4.69) is 79.2 Å². The van der Waals surface area contributed by atoms with Gasteiger partial charge in [-0.1, -0.05) is 59.1 Å². The number of hydrogen-bond donors (Lipinski definition) is 1. The lowest BCUT2D eigenvalue weighted by Crippen LogP contribution is -2.67. The zero-order valence-electron chi connectivity index (χ0n) is 32.3. The van der Waals surface area contributed by atoms with Gasteiger partial charge >= 0.3 is 5.97 Å². The van der Waals surface area contributed by atoms with Crippen LogP contribution < -0.4 is 25.5 Å². The Morgan fingerprint density at radius 3 is 1.78 bits per heavy atom. The second-order valence-electron chi connectivity index (χ2n) is 15.3. The molecule has 3 amide bonds. The standard InChI is InChI=1S/C44H54N4O5Si/c1-5-21-46(22-6-2)32-13-16-35-38(29-32)54(26-10-9-11-27-54)39-30-33(47(23-7-3)24-8-4)14-17-36(39)44(35)37-28-31(12-15-34(37)43(52)53-44)42(51)45-20-25-48-40(49)18-19-41(48)50/h12-19,28-30H,5-11,20-27H2,1-4H3,(H,45,51). The summed E-state index contributed by atoms with van der Waals surface area (Å²) in [4.78, 5) is 58.1. The van der Waals surface area contributed by atoms with E-state index in [-0.39, 0.29) is 36.8 Å². The van der Waals surface area contributed by atoms with E-state index in [4.69, 9.17) is 4.74 Å². The highest BCUT2D eigenvalue weighted by molar-refractivity contribution is 7.03. The zero-order chi connectivity index (χ0) is 38.0. The third kappa shape index (κ3) is 6.36. The number of carbonyl (C=O) groups is 4. The molecule has 1 fully saturated rings. The summed E-state index contributed by atoms with van der Waals surface area (Å²) in [5.74, 6) is -1.50. The topological polar surface area (TPSA) is 99.3 Å². The Kier molecular flexibility index (Phi) is 10.8. The molecule has 284 valence electrons. The Balaban J connectivity index is 1.40. The van der Waals surface area contributed by atoms with Crippen LogP contribution >= 0.6 is 0 Å². The molecule has 0 saturated carbocycles. The van der Waals surface area contributed by atoms with Crippen molar-refractivity contribution in [3.8, 4) is 0 Å². The average molecular weight is 747 g/mol. The smallest absolute Gasteiger partial charge is 0.340 e. The van der Waals surface area contributed by atoms with Gasteiger partial charge in [0.25, 0.3) is 17.7 Å². The fourth-order valence-corrected chi connectivity index (χ4v) is 15.2. The Morgan fingerprint density at radius 2 is 1.26 bits per heavy atom. The SMILES string of the molecule is CCCN(CCC)c1ccc2c(c1)[Si]1(CCCCC1)c1cc(N(CCC)CCC)ccc1C21OC(=O)c2ccc(C(=O)NCCN3C(=O)C=CC3=O)cc21. The van der Waals surface area contributed by atoms with E-state index in [0.29, 0.717) is 16.7 Å². The minimum Gasteiger partial charge on any atom is -0.441 e. The van der Waals surface area contributed by atoms with Crippen molar-refractivity contribution in [1.29, 1.82) is 0 Å². The summed E-state index contributed by atoms with van der Waals surface area (Å²) in [7, 11) is -2.36. The van der Waals surface area contributed by atoms with Gasteiger partial charge in [0.1, 0.15) is 8.07 Å². The van der Waals surface area contributed by atoms with Crippen LogP contribution in [-0.2, 0) is 19.9 Å². The molecule has 7 rings (SSSR count). The van der Waals surface area contributed by atoms with Gasteiger partial charge in [0.05, 0.1) is 5.56 Å². The molecule has 3 aromatic carbocycles. The first kappa shape index (κ1) is 37.6. The summed E-state index contributed by atoms with van der Waals surface area (Å²) >= 11 is 0. The number of amides is 3. The maximum Gasteiger partial charge on any atom is 0.340 e. The highest BCUT2D eigenvalue weighted by atomic mass is 28.3. The summed E-state index contributed by atoms with van der Waals surface area (Å²) in [5, 5.41) is 5.62. The number of ether oxygens (including phenoxy) is 1. The lowest BCUT2D eigenvalue weighted by atomic mass is 9.78. The molecule has 0 unspecified atom stereocenters. The highest BCUT2D eigenvalue weighted by Crippen LogP contribution is 2.51. The van der Waals surface area contributed by atoms with Gasteiger partial charge in [-0.15, -0.1) is 0 Å². The van der Waals surface area contributed by atoms with Crippen LogP contribution in [0.25, 0.3) is 0 Å². The summed E-state index contributed by atoms with van der Waals surface area (Å²) < 4.78 is 6.78. The lowest BCUT2D eigenvalue weighted by molar-refractivity contribution is -0.136. The quantitative estimate of drug-likeness (QED) is 0.121. The van der Waals surface area contributed by atoms with Crippen molar-refractivity contribution in [3.63, 3.8) is 0 Å². The number of benzene rings is 3. The fraction of sp³-hybridized carbons (Fsp3) is 0.455. The third-order valence-electron chi connectivity index (χ3n) is 11.9. The van der Waals surface area contributed by atoms with Crippen molar-refractivity contribution in [2.24, 2.45) is 0 Å². The average Bonchev–Trinajstić information content (AvgIpc) is 3.67. The first-order valence-corrected chi connectivity index (χ1v) is 22.6. The fourth-order valence-electron chi connectivity index (χ4n) is 9.51. The number of rotatable bonds is 14. The van der Waals surface area contributed by atoms with Gasteiger partial charge < -0.3 is 19.9 Å². The van der Waals surface area contributed by atoms with Crippen molar-refractivity contribution >= 4 is 53.5 Å². The van der Waals surface area contributed by atoms with Gasteiger partial charge in [-0.05, 0) is 90.6 Å². The number of fused-ring (bicyclic) bond motifs is 8. The zero-order valence-corrected chi connectivity index (χ0v) is 33.3. The molecule has 4 heterocycles. The Bertz CT molecular complexity index is 1890. The molecule has 1 N–H and O–H groups in total. The molecular weight excluding hydrogens is 693 g/mol. The molecule has 2 spiro atoms. The number of esters is 1. The summed E-state index contributed by atoms with van der Waals surface area (Å²) in [6.45, 7) is 13.0. The van der Waals surface area contributed by atoms with Gasteiger partial charge in [-0.3, -0.25) is 19.3 Å². The molecule has 54 heavy (non-hydrogen) atoms. The molecule has 4 aliphatic heterocycles. The Labute approximate surface area is 320 Å². The lowest BCUT2D eigenvalue weighted by Gasteiger charge is -2.49. The molecule has 9 nitrogen and oxygen atoms in total. The second-order valence-corrected chi connectivity index (χ2v) is 19.6. The first-order chi connectivity index (χ1) is 26.2. The van der Waals surface area contributed by atoms with Crippen LogP contribution in [0, 0.1) is 0 Å². The Morgan fingerprint density at radius 1 is 0.722 bits per heavy atom. The van der Waals surface area contributed by atoms with Gasteiger partial charge in [-0.2, -0.15) is 0 Å². The highest BCUT2D eigenvalue weighted by Gasteiger charge is 2.58. The third-order valence-corrected chi connectivity index (χ3v) is 17.2.